The van der Waals surface area contributed by atoms with Gasteiger partial charge in [0.2, 0.25) is 0 Å². The van der Waals surface area contributed by atoms with Crippen LogP contribution in [0.1, 0.15) is 50.1 Å². The zero-order chi connectivity index (χ0) is 42.8. The molecule has 2 heterocycles. The first-order valence-corrected chi connectivity index (χ1v) is 22.7. The van der Waals surface area contributed by atoms with Crippen molar-refractivity contribution < 1.29 is 4.74 Å². The zero-order valence-corrected chi connectivity index (χ0v) is 36.1. The van der Waals surface area contributed by atoms with Crippen molar-refractivity contribution in [1.82, 2.24) is 15.0 Å². The van der Waals surface area contributed by atoms with E-state index in [4.69, 9.17) is 19.7 Å². The SMILES string of the molecule is CC1C=CC(c2nc(-c3ccc(-c4ccccc4)cc3)nc(-c3ccc(-c4ccccc4)cc3)n2)=C(C2=CC=CC3C2(C)OC2=CCCC=C2C32c3ccccc3-c3ccccc32)C1. The summed E-state index contributed by atoms with van der Waals surface area (Å²) in [5.74, 6) is 3.22. The van der Waals surface area contributed by atoms with Crippen LogP contribution in [0.4, 0.5) is 0 Å². The number of hydrogen-bond donors (Lipinski definition) is 0. The lowest BCUT2D eigenvalue weighted by molar-refractivity contribution is -0.0249. The van der Waals surface area contributed by atoms with E-state index in [1.54, 1.807) is 0 Å². The average molecular weight is 826 g/mol. The largest absolute Gasteiger partial charge is 0.482 e. The molecule has 7 aromatic rings. The van der Waals surface area contributed by atoms with Gasteiger partial charge in [-0.05, 0) is 93.8 Å². The fourth-order valence-electron chi connectivity index (χ4n) is 11.2. The summed E-state index contributed by atoms with van der Waals surface area (Å²) in [6, 6.07) is 56.3. The van der Waals surface area contributed by atoms with Gasteiger partial charge in [-0.15, -0.1) is 0 Å². The van der Waals surface area contributed by atoms with Gasteiger partial charge in [0.25, 0.3) is 0 Å². The second-order valence-electron chi connectivity index (χ2n) is 17.9. The minimum atomic E-state index is -0.718. The van der Waals surface area contributed by atoms with Gasteiger partial charge in [0, 0.05) is 28.2 Å². The van der Waals surface area contributed by atoms with Gasteiger partial charge in [-0.25, -0.2) is 15.0 Å². The van der Waals surface area contributed by atoms with Crippen molar-refractivity contribution in [2.24, 2.45) is 11.8 Å². The molecular weight excluding hydrogens is 779 g/mol. The molecule has 1 aromatic heterocycles. The molecular formula is C60H47N3O. The summed E-state index contributed by atoms with van der Waals surface area (Å²) in [4.78, 5) is 16.0. The molecule has 3 atom stereocenters. The number of aromatic nitrogens is 3. The fraction of sp³-hybridized carbons (Fsp3) is 0.150. The van der Waals surface area contributed by atoms with E-state index in [-0.39, 0.29) is 5.92 Å². The van der Waals surface area contributed by atoms with Gasteiger partial charge in [0.05, 0.1) is 5.41 Å². The Morgan fingerprint density at radius 2 is 1.02 bits per heavy atom. The summed E-state index contributed by atoms with van der Waals surface area (Å²) >= 11 is 0. The third-order valence-electron chi connectivity index (χ3n) is 14.2. The van der Waals surface area contributed by atoms with Crippen LogP contribution < -0.4 is 0 Å². The Bertz CT molecular complexity index is 3020. The van der Waals surface area contributed by atoms with Crippen molar-refractivity contribution in [3.05, 3.63) is 240 Å². The maximum atomic E-state index is 7.53. The quantitative estimate of drug-likeness (QED) is 0.168. The molecule has 0 amide bonds. The molecule has 0 bridgehead atoms. The topological polar surface area (TPSA) is 47.9 Å². The molecule has 4 heteroatoms. The number of fused-ring (bicyclic) bond motifs is 9. The first kappa shape index (κ1) is 38.3. The molecule has 64 heavy (non-hydrogen) atoms. The summed E-state index contributed by atoms with van der Waals surface area (Å²) in [6.07, 6.45) is 19.2. The van der Waals surface area contributed by atoms with Crippen LogP contribution in [0.3, 0.4) is 0 Å². The first-order chi connectivity index (χ1) is 31.5. The first-order valence-electron chi connectivity index (χ1n) is 22.7. The van der Waals surface area contributed by atoms with Crippen molar-refractivity contribution in [3.63, 3.8) is 0 Å². The minimum absolute atomic E-state index is 0.0306. The van der Waals surface area contributed by atoms with E-state index in [1.807, 2.05) is 0 Å². The van der Waals surface area contributed by atoms with Crippen LogP contribution in [0.5, 0.6) is 0 Å². The maximum absolute atomic E-state index is 7.53. The van der Waals surface area contributed by atoms with Crippen LogP contribution in [0.15, 0.2) is 223 Å². The maximum Gasteiger partial charge on any atom is 0.164 e. The van der Waals surface area contributed by atoms with Gasteiger partial charge in [-0.3, -0.25) is 0 Å². The van der Waals surface area contributed by atoms with Crippen molar-refractivity contribution in [2.45, 2.75) is 44.1 Å². The minimum Gasteiger partial charge on any atom is -0.482 e. The molecule has 308 valence electrons. The predicted molar refractivity (Wildman–Crippen MR) is 260 cm³/mol. The number of ether oxygens (including phenoxy) is 1. The Morgan fingerprint density at radius 1 is 0.516 bits per heavy atom. The highest BCUT2D eigenvalue weighted by molar-refractivity contribution is 5.87. The molecule has 3 unspecified atom stereocenters. The standard InChI is InChI=1S/C60H47N3O/c1-39-28-37-48(58-62-56(44-33-29-42(30-34-44)40-16-5-3-6-17-40)61-57(63-58)45-35-31-43(32-36-45)41-18-7-4-8-19-41)49(38-39)50-25-15-27-55-59(50,2)64-54-26-14-13-24-53(54)60(55)51-22-11-9-20-46(51)47-21-10-12-23-52(47)60/h3-12,15-37,39,55H,13-14,38H2,1-2H3. The monoisotopic (exact) mass is 825 g/mol. The number of benzene rings is 6. The Morgan fingerprint density at radius 3 is 1.61 bits per heavy atom. The van der Waals surface area contributed by atoms with Gasteiger partial charge in [0.15, 0.2) is 17.5 Å². The lowest BCUT2D eigenvalue weighted by Crippen LogP contribution is -2.56. The third-order valence-corrected chi connectivity index (χ3v) is 14.2. The lowest BCUT2D eigenvalue weighted by Gasteiger charge is -2.56. The summed E-state index contributed by atoms with van der Waals surface area (Å²) in [5, 5.41) is 0. The summed E-state index contributed by atoms with van der Waals surface area (Å²) < 4.78 is 7.53. The smallest absolute Gasteiger partial charge is 0.164 e. The Kier molecular flexibility index (Phi) is 9.05. The molecule has 0 saturated carbocycles. The summed E-state index contributed by atoms with van der Waals surface area (Å²) in [5.41, 5.74) is 15.4. The van der Waals surface area contributed by atoms with Gasteiger partial charge < -0.3 is 4.74 Å². The molecule has 1 fully saturated rings. The number of allylic oxidation sites excluding steroid dienone is 8. The Balaban J connectivity index is 1.03. The number of rotatable bonds is 6. The highest BCUT2D eigenvalue weighted by Crippen LogP contribution is 2.66. The van der Waals surface area contributed by atoms with Crippen LogP contribution >= 0.6 is 0 Å². The molecule has 4 nitrogen and oxygen atoms in total. The van der Waals surface area contributed by atoms with Gasteiger partial charge in [-0.2, -0.15) is 0 Å². The molecule has 6 aromatic carbocycles. The second kappa shape index (κ2) is 15.1. The van der Waals surface area contributed by atoms with Crippen molar-refractivity contribution in [3.8, 4) is 56.2 Å². The molecule has 12 rings (SSSR count). The van der Waals surface area contributed by atoms with Crippen molar-refractivity contribution in [2.75, 3.05) is 0 Å². The van der Waals surface area contributed by atoms with Crippen LogP contribution in [0.25, 0.3) is 61.7 Å². The zero-order valence-electron chi connectivity index (χ0n) is 36.1. The van der Waals surface area contributed by atoms with Crippen LogP contribution in [0, 0.1) is 11.8 Å². The van der Waals surface area contributed by atoms with Gasteiger partial charge >= 0.3 is 0 Å². The summed E-state index contributed by atoms with van der Waals surface area (Å²) in [6.45, 7) is 4.64. The normalized spacial score (nSPS) is 21.2. The highest BCUT2D eigenvalue weighted by atomic mass is 16.5. The molecule has 1 spiro atoms. The Labute approximate surface area is 375 Å². The average Bonchev–Trinajstić information content (AvgIpc) is 3.64. The van der Waals surface area contributed by atoms with Gasteiger partial charge in [-0.1, -0.05) is 201 Å². The van der Waals surface area contributed by atoms with Crippen molar-refractivity contribution >= 4 is 5.57 Å². The van der Waals surface area contributed by atoms with E-state index in [0.29, 0.717) is 23.4 Å². The van der Waals surface area contributed by atoms with Gasteiger partial charge in [0.1, 0.15) is 11.4 Å². The Hall–Kier alpha value is -7.43. The molecule has 0 radical (unpaired) electrons. The third kappa shape index (κ3) is 6.00. The van der Waals surface area contributed by atoms with E-state index in [9.17, 15) is 0 Å². The fourth-order valence-corrected chi connectivity index (χ4v) is 11.2. The van der Waals surface area contributed by atoms with Crippen molar-refractivity contribution in [1.29, 1.82) is 0 Å². The second-order valence-corrected chi connectivity index (χ2v) is 17.9. The molecule has 0 N–H and O–H groups in total. The van der Waals surface area contributed by atoms with E-state index >= 15 is 0 Å². The number of nitrogens with zero attached hydrogens (tertiary/aromatic N) is 3. The molecule has 4 aliphatic carbocycles. The van der Waals surface area contributed by atoms with Crippen LogP contribution in [0.2, 0.25) is 0 Å². The molecule has 1 aliphatic heterocycles. The number of hydrogen-bond acceptors (Lipinski definition) is 4. The van der Waals surface area contributed by atoms with E-state index in [2.05, 4.69) is 214 Å². The molecule has 1 saturated heterocycles. The van der Waals surface area contributed by atoms with E-state index in [1.165, 1.54) is 50.1 Å². The lowest BCUT2D eigenvalue weighted by atomic mass is 9.53. The van der Waals surface area contributed by atoms with Crippen LogP contribution in [-0.4, -0.2) is 20.6 Å². The van der Waals surface area contributed by atoms with Crippen LogP contribution in [-0.2, 0) is 10.2 Å². The molecule has 5 aliphatic rings. The van der Waals surface area contributed by atoms with E-state index in [0.717, 1.165) is 52.8 Å². The van der Waals surface area contributed by atoms with E-state index < -0.39 is 11.0 Å². The highest BCUT2D eigenvalue weighted by Gasteiger charge is 2.63. The summed E-state index contributed by atoms with van der Waals surface area (Å²) in [7, 11) is 0. The predicted octanol–water partition coefficient (Wildman–Crippen LogP) is 14.4.